The molecule has 0 spiro atoms. The van der Waals surface area contributed by atoms with Gasteiger partial charge in [-0.2, -0.15) is 0 Å². The molecule has 2 heterocycles. The minimum Gasteiger partial charge on any atom is -0.496 e. The van der Waals surface area contributed by atoms with Crippen molar-refractivity contribution in [1.29, 1.82) is 0 Å². The summed E-state index contributed by atoms with van der Waals surface area (Å²) < 4.78 is 16.4. The zero-order valence-corrected chi connectivity index (χ0v) is 27.0. The Hall–Kier alpha value is -4.86. The molecule has 0 N–H and O–H groups in total. The number of hydrogen-bond donors (Lipinski definition) is 0. The van der Waals surface area contributed by atoms with E-state index in [0.717, 1.165) is 22.3 Å². The summed E-state index contributed by atoms with van der Waals surface area (Å²) in [4.78, 5) is 59.5. The van der Waals surface area contributed by atoms with Gasteiger partial charge in [-0.05, 0) is 61.6 Å². The van der Waals surface area contributed by atoms with Crippen LogP contribution in [0.5, 0.6) is 5.75 Å². The SMILES string of the molecule is COC(=O)[C@H]1Cc2ccccc2CN1C(=O)CN(CCc1ccccc1OC)C(=O)[C@H]1Cc2ccccc2N1C(=O)OC(C)(C)C. The highest BCUT2D eigenvalue weighted by atomic mass is 16.6. The third-order valence-electron chi connectivity index (χ3n) is 8.37. The lowest BCUT2D eigenvalue weighted by Gasteiger charge is -2.37. The lowest BCUT2D eigenvalue weighted by molar-refractivity contribution is -0.155. The fourth-order valence-corrected chi connectivity index (χ4v) is 6.15. The van der Waals surface area contributed by atoms with Gasteiger partial charge >= 0.3 is 12.1 Å². The molecule has 0 saturated carbocycles. The van der Waals surface area contributed by atoms with Gasteiger partial charge in [0, 0.05) is 25.9 Å². The Morgan fingerprint density at radius 3 is 2.15 bits per heavy atom. The van der Waals surface area contributed by atoms with Crippen LogP contribution in [0.15, 0.2) is 72.8 Å². The molecular formula is C36H41N3O7. The molecule has 3 aromatic rings. The number of esters is 1. The number of methoxy groups -OCH3 is 2. The van der Waals surface area contributed by atoms with Gasteiger partial charge in [-0.25, -0.2) is 9.59 Å². The number of carbonyl (C=O) groups is 4. The topological polar surface area (TPSA) is 106 Å². The van der Waals surface area contributed by atoms with Crippen molar-refractivity contribution in [3.8, 4) is 5.75 Å². The molecule has 0 bridgehead atoms. The van der Waals surface area contributed by atoms with Gasteiger partial charge in [0.1, 0.15) is 23.4 Å². The quantitative estimate of drug-likeness (QED) is 0.337. The fourth-order valence-electron chi connectivity index (χ4n) is 6.15. The van der Waals surface area contributed by atoms with Gasteiger partial charge in [0.05, 0.1) is 26.5 Å². The first-order chi connectivity index (χ1) is 22.0. The number of benzene rings is 3. The van der Waals surface area contributed by atoms with Crippen molar-refractivity contribution in [1.82, 2.24) is 9.80 Å². The summed E-state index contributed by atoms with van der Waals surface area (Å²) >= 11 is 0. The van der Waals surface area contributed by atoms with Gasteiger partial charge in [0.2, 0.25) is 11.8 Å². The smallest absolute Gasteiger partial charge is 0.415 e. The van der Waals surface area contributed by atoms with E-state index < -0.39 is 41.6 Å². The zero-order chi connectivity index (χ0) is 33.0. The van der Waals surface area contributed by atoms with Crippen molar-refractivity contribution in [2.24, 2.45) is 0 Å². The second-order valence-corrected chi connectivity index (χ2v) is 12.6. The normalized spacial score (nSPS) is 17.1. The molecule has 242 valence electrons. The largest absolute Gasteiger partial charge is 0.496 e. The van der Waals surface area contributed by atoms with Crippen LogP contribution in [0.25, 0.3) is 0 Å². The highest BCUT2D eigenvalue weighted by molar-refractivity contribution is 6.01. The predicted octanol–water partition coefficient (Wildman–Crippen LogP) is 4.56. The first-order valence-electron chi connectivity index (χ1n) is 15.5. The van der Waals surface area contributed by atoms with E-state index in [2.05, 4.69) is 0 Å². The van der Waals surface area contributed by atoms with Crippen molar-refractivity contribution in [3.05, 3.63) is 95.1 Å². The lowest BCUT2D eigenvalue weighted by Crippen LogP contribution is -2.56. The fraction of sp³-hybridized carbons (Fsp3) is 0.389. The average molecular weight is 628 g/mol. The molecule has 2 aliphatic heterocycles. The third kappa shape index (κ3) is 7.01. The second-order valence-electron chi connectivity index (χ2n) is 12.6. The van der Waals surface area contributed by atoms with Crippen molar-refractivity contribution < 1.29 is 33.4 Å². The highest BCUT2D eigenvalue weighted by Crippen LogP contribution is 2.35. The van der Waals surface area contributed by atoms with E-state index in [9.17, 15) is 19.2 Å². The Bertz CT molecular complexity index is 1610. The van der Waals surface area contributed by atoms with Crippen LogP contribution in [0, 0.1) is 0 Å². The average Bonchev–Trinajstić information content (AvgIpc) is 3.44. The van der Waals surface area contributed by atoms with Gasteiger partial charge in [-0.1, -0.05) is 60.7 Å². The van der Waals surface area contributed by atoms with Crippen molar-refractivity contribution in [2.45, 2.75) is 64.3 Å². The Morgan fingerprint density at radius 1 is 0.826 bits per heavy atom. The molecule has 10 heteroatoms. The molecule has 0 saturated heterocycles. The minimum atomic E-state index is -0.920. The lowest BCUT2D eigenvalue weighted by atomic mass is 9.94. The number of carbonyl (C=O) groups excluding carboxylic acids is 4. The molecule has 10 nitrogen and oxygen atoms in total. The van der Waals surface area contributed by atoms with Gasteiger partial charge < -0.3 is 24.0 Å². The number of anilines is 1. The Kier molecular flexibility index (Phi) is 9.65. The molecular weight excluding hydrogens is 586 g/mol. The number of fused-ring (bicyclic) bond motifs is 2. The molecule has 5 rings (SSSR count). The van der Waals surface area contributed by atoms with E-state index in [1.165, 1.54) is 21.8 Å². The van der Waals surface area contributed by atoms with Crippen LogP contribution >= 0.6 is 0 Å². The van der Waals surface area contributed by atoms with Crippen LogP contribution in [0.4, 0.5) is 10.5 Å². The molecule has 0 fully saturated rings. The molecule has 2 atom stereocenters. The van der Waals surface area contributed by atoms with E-state index in [1.54, 1.807) is 33.9 Å². The molecule has 0 aromatic heterocycles. The van der Waals surface area contributed by atoms with E-state index in [-0.39, 0.29) is 26.1 Å². The Balaban J connectivity index is 1.47. The molecule has 2 aliphatic rings. The second kappa shape index (κ2) is 13.6. The number of hydrogen-bond acceptors (Lipinski definition) is 7. The molecule has 46 heavy (non-hydrogen) atoms. The van der Waals surface area contributed by atoms with Crippen LogP contribution in [0.3, 0.4) is 0 Å². The summed E-state index contributed by atoms with van der Waals surface area (Å²) in [5.41, 5.74) is 3.43. The maximum absolute atomic E-state index is 14.5. The zero-order valence-electron chi connectivity index (χ0n) is 27.0. The number of rotatable bonds is 8. The number of amides is 3. The number of para-hydroxylation sites is 2. The highest BCUT2D eigenvalue weighted by Gasteiger charge is 2.43. The van der Waals surface area contributed by atoms with Gasteiger partial charge in [-0.15, -0.1) is 0 Å². The van der Waals surface area contributed by atoms with Crippen molar-refractivity contribution >= 4 is 29.6 Å². The monoisotopic (exact) mass is 627 g/mol. The van der Waals surface area contributed by atoms with Crippen LogP contribution in [0.2, 0.25) is 0 Å². The van der Waals surface area contributed by atoms with Crippen molar-refractivity contribution in [3.63, 3.8) is 0 Å². The summed E-state index contributed by atoms with van der Waals surface area (Å²) in [5.74, 6) is -0.629. The maximum Gasteiger partial charge on any atom is 0.415 e. The maximum atomic E-state index is 14.5. The van der Waals surface area contributed by atoms with Crippen molar-refractivity contribution in [2.75, 3.05) is 32.2 Å². The number of ether oxygens (including phenoxy) is 3. The summed E-state index contributed by atoms with van der Waals surface area (Å²) in [6.45, 7) is 5.41. The summed E-state index contributed by atoms with van der Waals surface area (Å²) in [6.07, 6.45) is 0.354. The molecule has 3 aromatic carbocycles. The standard InChI is InChI=1S/C36H41N3O7/c1-36(2,3)46-35(43)39-28-16-10-8-14-26(28)21-29(39)33(41)37(19-18-24-12-9-11-17-31(24)44-4)23-32(40)38-22-27-15-7-6-13-25(27)20-30(38)34(42)45-5/h6-17,29-30H,18-23H2,1-5H3/t29-,30-/m1/s1. The molecule has 0 aliphatic carbocycles. The molecule has 3 amide bonds. The summed E-state index contributed by atoms with van der Waals surface area (Å²) in [5, 5.41) is 0. The van der Waals surface area contributed by atoms with Gasteiger partial charge in [0.25, 0.3) is 0 Å². The third-order valence-corrected chi connectivity index (χ3v) is 8.37. The van der Waals surface area contributed by atoms with Crippen LogP contribution < -0.4 is 9.64 Å². The van der Waals surface area contributed by atoms with E-state index >= 15 is 0 Å². The van der Waals surface area contributed by atoms with Gasteiger partial charge in [-0.3, -0.25) is 14.5 Å². The van der Waals surface area contributed by atoms with E-state index in [0.29, 0.717) is 24.3 Å². The summed E-state index contributed by atoms with van der Waals surface area (Å²) in [7, 11) is 2.89. The molecule has 0 radical (unpaired) electrons. The first kappa shape index (κ1) is 32.5. The Labute approximate surface area is 269 Å². The first-order valence-corrected chi connectivity index (χ1v) is 15.5. The van der Waals surface area contributed by atoms with Crippen LogP contribution in [-0.2, 0) is 49.7 Å². The predicted molar refractivity (Wildman–Crippen MR) is 172 cm³/mol. The number of nitrogens with zero attached hydrogens (tertiary/aromatic N) is 3. The van der Waals surface area contributed by atoms with Crippen LogP contribution in [0.1, 0.15) is 43.0 Å². The summed E-state index contributed by atoms with van der Waals surface area (Å²) in [6, 6.07) is 20.8. The Morgan fingerprint density at radius 2 is 1.46 bits per heavy atom. The van der Waals surface area contributed by atoms with Crippen LogP contribution in [-0.4, -0.2) is 78.7 Å². The minimum absolute atomic E-state index is 0.174. The van der Waals surface area contributed by atoms with Gasteiger partial charge in [0.15, 0.2) is 0 Å². The van der Waals surface area contributed by atoms with E-state index in [1.807, 2.05) is 66.7 Å². The molecule has 0 unspecified atom stereocenters. The van der Waals surface area contributed by atoms with E-state index in [4.69, 9.17) is 14.2 Å².